The van der Waals surface area contributed by atoms with Crippen molar-refractivity contribution in [3.63, 3.8) is 0 Å². The molecular formula is C19H33NO. The second kappa shape index (κ2) is 15.3. The Morgan fingerprint density at radius 2 is 1.62 bits per heavy atom. The molecule has 21 heavy (non-hydrogen) atoms. The van der Waals surface area contributed by atoms with Crippen molar-refractivity contribution in [2.24, 2.45) is 10.9 Å². The number of carbonyl (C=O) groups excluding carboxylic acids is 1. The van der Waals surface area contributed by atoms with Gasteiger partial charge in [-0.2, -0.15) is 0 Å². The van der Waals surface area contributed by atoms with Gasteiger partial charge in [-0.3, -0.25) is 0 Å². The molecule has 0 fully saturated rings. The lowest BCUT2D eigenvalue weighted by Gasteiger charge is -2.18. The van der Waals surface area contributed by atoms with Gasteiger partial charge in [-0.15, -0.1) is 13.2 Å². The Bertz CT molecular complexity index is 305. The lowest BCUT2D eigenvalue weighted by atomic mass is 9.90. The van der Waals surface area contributed by atoms with Gasteiger partial charge in [-0.25, -0.2) is 9.79 Å². The maximum Gasteiger partial charge on any atom is 0.235 e. The Hall–Kier alpha value is -1.14. The van der Waals surface area contributed by atoms with Crippen molar-refractivity contribution in [2.75, 3.05) is 0 Å². The Labute approximate surface area is 131 Å². The summed E-state index contributed by atoms with van der Waals surface area (Å²) in [6, 6.07) is 0.0505. The molecule has 0 bridgehead atoms. The molecule has 0 amide bonds. The van der Waals surface area contributed by atoms with E-state index in [1.165, 1.54) is 51.4 Å². The van der Waals surface area contributed by atoms with Crippen molar-refractivity contribution in [3.8, 4) is 0 Å². The maximum atomic E-state index is 10.5. The minimum atomic E-state index is 0.0505. The number of nitrogens with zero attached hydrogens (tertiary/aromatic N) is 1. The minimum absolute atomic E-state index is 0.0505. The van der Waals surface area contributed by atoms with Crippen molar-refractivity contribution in [3.05, 3.63) is 25.3 Å². The van der Waals surface area contributed by atoms with Gasteiger partial charge in [0, 0.05) is 0 Å². The third-order valence-electron chi connectivity index (χ3n) is 4.00. The van der Waals surface area contributed by atoms with Crippen molar-refractivity contribution < 1.29 is 4.79 Å². The van der Waals surface area contributed by atoms with E-state index in [0.29, 0.717) is 5.92 Å². The van der Waals surface area contributed by atoms with E-state index in [2.05, 4.69) is 25.1 Å². The first kappa shape index (κ1) is 19.9. The first-order chi connectivity index (χ1) is 10.3. The molecule has 0 aliphatic carbocycles. The fourth-order valence-corrected chi connectivity index (χ4v) is 2.81. The number of rotatable bonds is 15. The summed E-state index contributed by atoms with van der Waals surface area (Å²) >= 11 is 0. The average Bonchev–Trinajstić information content (AvgIpc) is 2.47. The second-order valence-electron chi connectivity index (χ2n) is 5.93. The molecule has 2 unspecified atom stereocenters. The van der Waals surface area contributed by atoms with Gasteiger partial charge >= 0.3 is 0 Å². The van der Waals surface area contributed by atoms with Crippen LogP contribution < -0.4 is 0 Å². The van der Waals surface area contributed by atoms with Gasteiger partial charge in [0.15, 0.2) is 0 Å². The third kappa shape index (κ3) is 12.3. The van der Waals surface area contributed by atoms with Gasteiger partial charge in [0.2, 0.25) is 6.08 Å². The highest BCUT2D eigenvalue weighted by atomic mass is 16.1. The monoisotopic (exact) mass is 291 g/mol. The van der Waals surface area contributed by atoms with Gasteiger partial charge in [-0.05, 0) is 25.2 Å². The first-order valence-electron chi connectivity index (χ1n) is 8.57. The molecule has 0 aromatic carbocycles. The largest absolute Gasteiger partial charge is 0.235 e. The zero-order valence-electron chi connectivity index (χ0n) is 13.9. The van der Waals surface area contributed by atoms with E-state index in [0.717, 1.165) is 19.3 Å². The quantitative estimate of drug-likeness (QED) is 0.158. The van der Waals surface area contributed by atoms with Crippen LogP contribution in [0.15, 0.2) is 30.3 Å². The molecular weight excluding hydrogens is 258 g/mol. The van der Waals surface area contributed by atoms with Crippen LogP contribution in [0.3, 0.4) is 0 Å². The molecule has 2 nitrogen and oxygen atoms in total. The standard InChI is InChI=1S/C19H33NO/c1-4-7-8-9-10-11-12-15-18(13-5-2)16-19(14-6-3)20-17-21/h5-6,18-19H,2-4,7-16H2,1H3. The van der Waals surface area contributed by atoms with E-state index >= 15 is 0 Å². The lowest BCUT2D eigenvalue weighted by molar-refractivity contribution is 0.391. The lowest BCUT2D eigenvalue weighted by Crippen LogP contribution is -2.11. The van der Waals surface area contributed by atoms with Crippen LogP contribution >= 0.6 is 0 Å². The summed E-state index contributed by atoms with van der Waals surface area (Å²) in [5.74, 6) is 0.584. The van der Waals surface area contributed by atoms with Crippen molar-refractivity contribution >= 4 is 6.08 Å². The fourth-order valence-electron chi connectivity index (χ4n) is 2.81. The number of hydrogen-bond donors (Lipinski definition) is 0. The summed E-state index contributed by atoms with van der Waals surface area (Å²) in [5.41, 5.74) is 0. The molecule has 0 spiro atoms. The van der Waals surface area contributed by atoms with E-state index in [4.69, 9.17) is 0 Å². The molecule has 0 radical (unpaired) electrons. The Kier molecular flexibility index (Phi) is 14.4. The molecule has 0 N–H and O–H groups in total. The molecule has 120 valence electrons. The number of hydrogen-bond acceptors (Lipinski definition) is 2. The highest BCUT2D eigenvalue weighted by molar-refractivity contribution is 5.33. The maximum absolute atomic E-state index is 10.5. The van der Waals surface area contributed by atoms with Crippen LogP contribution in [-0.4, -0.2) is 12.1 Å². The van der Waals surface area contributed by atoms with Gasteiger partial charge in [0.25, 0.3) is 0 Å². The zero-order valence-corrected chi connectivity index (χ0v) is 13.9. The summed E-state index contributed by atoms with van der Waals surface area (Å²) in [4.78, 5) is 14.4. The molecule has 2 heteroatoms. The second-order valence-corrected chi connectivity index (χ2v) is 5.93. The normalized spacial score (nSPS) is 13.2. The smallest absolute Gasteiger partial charge is 0.211 e. The summed E-state index contributed by atoms with van der Waals surface area (Å²) < 4.78 is 0. The van der Waals surface area contributed by atoms with Crippen LogP contribution in [0.1, 0.15) is 77.6 Å². The van der Waals surface area contributed by atoms with Crippen LogP contribution in [-0.2, 0) is 4.79 Å². The zero-order chi connectivity index (χ0) is 15.8. The highest BCUT2D eigenvalue weighted by Crippen LogP contribution is 2.23. The molecule has 0 saturated heterocycles. The molecule has 0 heterocycles. The van der Waals surface area contributed by atoms with Gasteiger partial charge < -0.3 is 0 Å². The first-order valence-corrected chi connectivity index (χ1v) is 8.57. The average molecular weight is 291 g/mol. The van der Waals surface area contributed by atoms with Crippen molar-refractivity contribution in [2.45, 2.75) is 83.6 Å². The van der Waals surface area contributed by atoms with Gasteiger partial charge in [0.1, 0.15) is 0 Å². The molecule has 0 rings (SSSR count). The predicted molar refractivity (Wildman–Crippen MR) is 92.3 cm³/mol. The van der Waals surface area contributed by atoms with Crippen molar-refractivity contribution in [1.29, 1.82) is 0 Å². The Balaban J connectivity index is 3.96. The highest BCUT2D eigenvalue weighted by Gasteiger charge is 2.14. The van der Waals surface area contributed by atoms with Gasteiger partial charge in [0.05, 0.1) is 6.04 Å². The van der Waals surface area contributed by atoms with Crippen LogP contribution in [0.5, 0.6) is 0 Å². The van der Waals surface area contributed by atoms with E-state index in [1.54, 1.807) is 6.08 Å². The van der Waals surface area contributed by atoms with E-state index in [-0.39, 0.29) is 6.04 Å². The molecule has 0 aromatic rings. The van der Waals surface area contributed by atoms with Crippen LogP contribution in [0, 0.1) is 5.92 Å². The van der Waals surface area contributed by atoms with Crippen LogP contribution in [0.25, 0.3) is 0 Å². The van der Waals surface area contributed by atoms with Crippen LogP contribution in [0.4, 0.5) is 0 Å². The van der Waals surface area contributed by atoms with Crippen LogP contribution in [0.2, 0.25) is 0 Å². The van der Waals surface area contributed by atoms with Gasteiger partial charge in [-0.1, -0.05) is 70.4 Å². The molecule has 0 aliphatic rings. The van der Waals surface area contributed by atoms with Crippen molar-refractivity contribution in [1.82, 2.24) is 0 Å². The van der Waals surface area contributed by atoms with E-state index in [1.807, 2.05) is 12.2 Å². The Morgan fingerprint density at radius 1 is 1.00 bits per heavy atom. The summed E-state index contributed by atoms with van der Waals surface area (Å²) in [7, 11) is 0. The fraction of sp³-hybridized carbons (Fsp3) is 0.737. The summed E-state index contributed by atoms with van der Waals surface area (Å²) in [6.07, 6.45) is 18.8. The third-order valence-corrected chi connectivity index (χ3v) is 4.00. The summed E-state index contributed by atoms with van der Waals surface area (Å²) in [6.45, 7) is 9.84. The number of isocyanates is 1. The van der Waals surface area contributed by atoms with E-state index < -0.39 is 0 Å². The van der Waals surface area contributed by atoms with E-state index in [9.17, 15) is 4.79 Å². The molecule has 0 saturated carbocycles. The predicted octanol–water partition coefficient (Wildman–Crippen LogP) is 5.99. The topological polar surface area (TPSA) is 29.4 Å². The molecule has 2 atom stereocenters. The number of unbranched alkanes of at least 4 members (excludes halogenated alkanes) is 6. The minimum Gasteiger partial charge on any atom is -0.211 e. The molecule has 0 aromatic heterocycles. The summed E-state index contributed by atoms with van der Waals surface area (Å²) in [5, 5.41) is 0. The number of allylic oxidation sites excluding steroid dienone is 1. The SMILES string of the molecule is C=CCC(CCCCCCCCC)CC(CC=C)N=C=O. The Morgan fingerprint density at radius 3 is 2.19 bits per heavy atom. The number of aliphatic imine (C=N–C) groups is 1. The molecule has 0 aliphatic heterocycles.